The zero-order valence-corrected chi connectivity index (χ0v) is 12.6. The smallest absolute Gasteiger partial charge is 0.329 e. The first-order valence-electron chi connectivity index (χ1n) is 6.80. The van der Waals surface area contributed by atoms with Crippen LogP contribution in [0.4, 0.5) is 4.79 Å². The number of carbonyl (C=O) groups excluding carboxylic acids is 2. The summed E-state index contributed by atoms with van der Waals surface area (Å²) in [6.45, 7) is 7.16. The molecule has 0 saturated carbocycles. The fraction of sp³-hybridized carbons (Fsp3) is 0.769. The van der Waals surface area contributed by atoms with E-state index >= 15 is 0 Å². The molecule has 0 saturated heterocycles. The van der Waals surface area contributed by atoms with E-state index in [2.05, 4.69) is 16.0 Å². The maximum atomic E-state index is 11.6. The molecule has 7 heteroatoms. The number of rotatable bonds is 8. The van der Waals surface area contributed by atoms with Gasteiger partial charge in [0, 0.05) is 19.0 Å². The molecule has 0 heterocycles. The molecule has 0 spiro atoms. The Hall–Kier alpha value is -1.79. The van der Waals surface area contributed by atoms with Crippen LogP contribution in [0.1, 0.15) is 47.0 Å². The second-order valence-corrected chi connectivity index (χ2v) is 5.24. The van der Waals surface area contributed by atoms with Crippen LogP contribution in [-0.4, -0.2) is 41.1 Å². The van der Waals surface area contributed by atoms with Gasteiger partial charge in [0.15, 0.2) is 0 Å². The van der Waals surface area contributed by atoms with Gasteiger partial charge in [-0.3, -0.25) is 4.79 Å². The Morgan fingerprint density at radius 2 is 1.85 bits per heavy atom. The van der Waals surface area contributed by atoms with E-state index in [-0.39, 0.29) is 24.9 Å². The van der Waals surface area contributed by atoms with E-state index in [0.717, 1.165) is 0 Å². The average Bonchev–Trinajstić information content (AvgIpc) is 2.27. The quantitative estimate of drug-likeness (QED) is 0.530. The molecule has 20 heavy (non-hydrogen) atoms. The number of amides is 3. The van der Waals surface area contributed by atoms with Crippen molar-refractivity contribution in [1.29, 1.82) is 0 Å². The molecule has 0 aliphatic carbocycles. The lowest BCUT2D eigenvalue weighted by molar-refractivity contribution is -0.144. The summed E-state index contributed by atoms with van der Waals surface area (Å²) in [7, 11) is 0. The molecule has 116 valence electrons. The van der Waals surface area contributed by atoms with E-state index in [9.17, 15) is 14.4 Å². The predicted octanol–water partition coefficient (Wildman–Crippen LogP) is 0.844. The number of nitrogens with one attached hydrogen (secondary N) is 3. The van der Waals surface area contributed by atoms with E-state index in [1.807, 2.05) is 20.8 Å². The van der Waals surface area contributed by atoms with Crippen LogP contribution in [0.5, 0.6) is 0 Å². The Labute approximate surface area is 119 Å². The molecule has 0 aliphatic rings. The standard InChI is InChI=1S/C13H25N3O4/c1-5-7-13(4,11(18)19)16-12(20)14-8-6-10(17)15-9(2)3/h9H,5-8H2,1-4H3,(H,15,17)(H,18,19)(H2,14,16,20). The molecule has 0 aliphatic heterocycles. The van der Waals surface area contributed by atoms with Crippen molar-refractivity contribution < 1.29 is 19.5 Å². The predicted molar refractivity (Wildman–Crippen MR) is 75.4 cm³/mol. The van der Waals surface area contributed by atoms with Crippen molar-refractivity contribution in [2.45, 2.75) is 58.5 Å². The largest absolute Gasteiger partial charge is 0.480 e. The summed E-state index contributed by atoms with van der Waals surface area (Å²) in [6.07, 6.45) is 1.13. The van der Waals surface area contributed by atoms with Gasteiger partial charge in [-0.2, -0.15) is 0 Å². The first-order valence-corrected chi connectivity index (χ1v) is 6.80. The Morgan fingerprint density at radius 3 is 2.30 bits per heavy atom. The summed E-state index contributed by atoms with van der Waals surface area (Å²) in [5.74, 6) is -1.23. The Morgan fingerprint density at radius 1 is 1.25 bits per heavy atom. The third-order valence-corrected chi connectivity index (χ3v) is 2.70. The maximum Gasteiger partial charge on any atom is 0.329 e. The van der Waals surface area contributed by atoms with Crippen molar-refractivity contribution in [3.05, 3.63) is 0 Å². The van der Waals surface area contributed by atoms with E-state index in [1.165, 1.54) is 6.92 Å². The van der Waals surface area contributed by atoms with Crippen LogP contribution in [0, 0.1) is 0 Å². The van der Waals surface area contributed by atoms with Gasteiger partial charge in [0.05, 0.1) is 0 Å². The lowest BCUT2D eigenvalue weighted by atomic mass is 9.97. The minimum absolute atomic E-state index is 0.0520. The molecule has 0 fully saturated rings. The summed E-state index contributed by atoms with van der Waals surface area (Å²) >= 11 is 0. The third kappa shape index (κ3) is 6.96. The molecule has 0 rings (SSSR count). The van der Waals surface area contributed by atoms with E-state index in [4.69, 9.17) is 5.11 Å². The van der Waals surface area contributed by atoms with Crippen molar-refractivity contribution in [2.75, 3.05) is 6.54 Å². The lowest BCUT2D eigenvalue weighted by Gasteiger charge is -2.25. The van der Waals surface area contributed by atoms with Crippen LogP contribution in [0.2, 0.25) is 0 Å². The van der Waals surface area contributed by atoms with Crippen LogP contribution < -0.4 is 16.0 Å². The highest BCUT2D eigenvalue weighted by Gasteiger charge is 2.33. The van der Waals surface area contributed by atoms with Crippen molar-refractivity contribution in [2.24, 2.45) is 0 Å². The second-order valence-electron chi connectivity index (χ2n) is 5.24. The first-order chi connectivity index (χ1) is 9.21. The summed E-state index contributed by atoms with van der Waals surface area (Å²) in [4.78, 5) is 34.1. The molecule has 0 aromatic rings. The highest BCUT2D eigenvalue weighted by atomic mass is 16.4. The van der Waals surface area contributed by atoms with E-state index in [1.54, 1.807) is 0 Å². The SMILES string of the molecule is CCCC(C)(NC(=O)NCCC(=O)NC(C)C)C(=O)O. The maximum absolute atomic E-state index is 11.6. The van der Waals surface area contributed by atoms with Crippen LogP contribution >= 0.6 is 0 Å². The van der Waals surface area contributed by atoms with Gasteiger partial charge >= 0.3 is 12.0 Å². The molecule has 0 aromatic heterocycles. The highest BCUT2D eigenvalue weighted by Crippen LogP contribution is 2.12. The van der Waals surface area contributed by atoms with Crippen LogP contribution in [0.15, 0.2) is 0 Å². The molecule has 4 N–H and O–H groups in total. The van der Waals surface area contributed by atoms with Gasteiger partial charge in [-0.1, -0.05) is 13.3 Å². The fourth-order valence-corrected chi connectivity index (χ4v) is 1.70. The molecule has 1 atom stereocenters. The van der Waals surface area contributed by atoms with Crippen molar-refractivity contribution in [3.63, 3.8) is 0 Å². The summed E-state index contributed by atoms with van der Waals surface area (Å²) in [6, 6.07) is -0.531. The Balaban J connectivity index is 4.16. The zero-order chi connectivity index (χ0) is 15.8. The minimum atomic E-state index is -1.29. The number of hydrogen-bond acceptors (Lipinski definition) is 3. The van der Waals surface area contributed by atoms with E-state index in [0.29, 0.717) is 12.8 Å². The van der Waals surface area contributed by atoms with Crippen LogP contribution in [0.25, 0.3) is 0 Å². The van der Waals surface area contributed by atoms with Gasteiger partial charge in [-0.25, -0.2) is 9.59 Å². The van der Waals surface area contributed by atoms with Crippen molar-refractivity contribution >= 4 is 17.9 Å². The normalized spacial score (nSPS) is 13.4. The minimum Gasteiger partial charge on any atom is -0.480 e. The molecule has 0 bridgehead atoms. The Kier molecular flexibility index (Phi) is 7.64. The highest BCUT2D eigenvalue weighted by molar-refractivity contribution is 5.86. The van der Waals surface area contributed by atoms with Crippen LogP contribution in [-0.2, 0) is 9.59 Å². The number of carbonyl (C=O) groups is 3. The van der Waals surface area contributed by atoms with Gasteiger partial charge < -0.3 is 21.1 Å². The van der Waals surface area contributed by atoms with E-state index < -0.39 is 17.5 Å². The Bertz CT molecular complexity index is 358. The molecule has 1 unspecified atom stereocenters. The molecule has 0 aromatic carbocycles. The summed E-state index contributed by atoms with van der Waals surface area (Å²) < 4.78 is 0. The van der Waals surface area contributed by atoms with Gasteiger partial charge in [-0.15, -0.1) is 0 Å². The molecule has 7 nitrogen and oxygen atoms in total. The third-order valence-electron chi connectivity index (χ3n) is 2.70. The topological polar surface area (TPSA) is 108 Å². The number of carboxylic acids is 1. The molecule has 3 amide bonds. The average molecular weight is 287 g/mol. The van der Waals surface area contributed by atoms with Crippen LogP contribution in [0.3, 0.4) is 0 Å². The number of carboxylic acid groups (broad SMARTS) is 1. The van der Waals surface area contributed by atoms with Crippen molar-refractivity contribution in [1.82, 2.24) is 16.0 Å². The monoisotopic (exact) mass is 287 g/mol. The van der Waals surface area contributed by atoms with Gasteiger partial charge in [0.25, 0.3) is 0 Å². The second kappa shape index (κ2) is 8.39. The number of urea groups is 1. The number of aliphatic carboxylic acids is 1. The summed E-state index contributed by atoms with van der Waals surface area (Å²) in [5, 5.41) is 16.7. The van der Waals surface area contributed by atoms with Gasteiger partial charge in [0.2, 0.25) is 5.91 Å². The first kappa shape index (κ1) is 18.2. The molecular weight excluding hydrogens is 262 g/mol. The lowest BCUT2D eigenvalue weighted by Crippen LogP contribution is -2.55. The zero-order valence-electron chi connectivity index (χ0n) is 12.6. The summed E-state index contributed by atoms with van der Waals surface area (Å²) in [5.41, 5.74) is -1.29. The van der Waals surface area contributed by atoms with Gasteiger partial charge in [0.1, 0.15) is 5.54 Å². The van der Waals surface area contributed by atoms with Gasteiger partial charge in [-0.05, 0) is 27.2 Å². The number of hydrogen-bond donors (Lipinski definition) is 4. The van der Waals surface area contributed by atoms with Crippen molar-refractivity contribution in [3.8, 4) is 0 Å². The molecular formula is C13H25N3O4. The molecule has 0 radical (unpaired) electrons. The fourth-order valence-electron chi connectivity index (χ4n) is 1.70.